The summed E-state index contributed by atoms with van der Waals surface area (Å²) >= 11 is 0. The highest BCUT2D eigenvalue weighted by Crippen LogP contribution is 2.50. The molecular weight excluding hydrogens is 544 g/mol. The second-order valence-electron chi connectivity index (χ2n) is 14.5. The van der Waals surface area contributed by atoms with E-state index in [4.69, 9.17) is 0 Å². The molecule has 4 N–H and O–H groups in total. The molecule has 4 atom stereocenters. The summed E-state index contributed by atoms with van der Waals surface area (Å²) < 4.78 is 0. The zero-order valence-corrected chi connectivity index (χ0v) is 28.9. The molecule has 0 saturated heterocycles. The number of aliphatic hydroxyl groups excluding tert-OH is 2. The van der Waals surface area contributed by atoms with E-state index in [9.17, 15) is 20.4 Å². The molecule has 0 aromatic heterocycles. The summed E-state index contributed by atoms with van der Waals surface area (Å²) in [5, 5.41) is 42.6. The monoisotopic (exact) mass is 602 g/mol. The van der Waals surface area contributed by atoms with E-state index in [2.05, 4.69) is 77.2 Å². The standard InChI is InChI=1S/C40H58O4/c1-29(17-13-19-31(3)21-22-36-33(5)25-34(41)26-37(36,6)7)15-11-12-16-30(2)18-14-20-32(4)23-24-40(44)38(8,9)27-35(42)28-39(40,10)43/h11-24,34-35,41-44H,25-28H2,1-10H3/b12-11+,17-13+,18-14+,22-21+,24-23+,29-15+,30-16+,31-19+,32-20+/t34-,35+,39+,40+/m1/s1. The van der Waals surface area contributed by atoms with E-state index in [1.54, 1.807) is 13.0 Å². The zero-order valence-electron chi connectivity index (χ0n) is 28.9. The van der Waals surface area contributed by atoms with Crippen molar-refractivity contribution < 1.29 is 20.4 Å². The van der Waals surface area contributed by atoms with Crippen molar-refractivity contribution in [1.82, 2.24) is 0 Å². The largest absolute Gasteiger partial charge is 0.393 e. The highest BCUT2D eigenvalue weighted by atomic mass is 16.4. The Balaban J connectivity index is 1.94. The first-order valence-electron chi connectivity index (χ1n) is 15.9. The molecule has 44 heavy (non-hydrogen) atoms. The fourth-order valence-electron chi connectivity index (χ4n) is 6.55. The normalized spacial score (nSPS) is 31.1. The molecule has 0 spiro atoms. The molecule has 2 rings (SSSR count). The Morgan fingerprint density at radius 2 is 1.11 bits per heavy atom. The fourth-order valence-corrected chi connectivity index (χ4v) is 6.55. The van der Waals surface area contributed by atoms with Crippen molar-refractivity contribution in [3.63, 3.8) is 0 Å². The van der Waals surface area contributed by atoms with E-state index >= 15 is 0 Å². The van der Waals surface area contributed by atoms with E-state index in [0.717, 1.165) is 29.6 Å². The van der Waals surface area contributed by atoms with Crippen LogP contribution >= 0.6 is 0 Å². The van der Waals surface area contributed by atoms with Gasteiger partial charge in [0.25, 0.3) is 0 Å². The predicted molar refractivity (Wildman–Crippen MR) is 187 cm³/mol. The van der Waals surface area contributed by atoms with Gasteiger partial charge < -0.3 is 20.4 Å². The summed E-state index contributed by atoms with van der Waals surface area (Å²) in [6.45, 7) is 20.1. The lowest BCUT2D eigenvalue weighted by Gasteiger charge is -2.54. The van der Waals surface area contributed by atoms with Crippen LogP contribution in [0.2, 0.25) is 0 Å². The first-order valence-corrected chi connectivity index (χ1v) is 15.9. The van der Waals surface area contributed by atoms with Crippen molar-refractivity contribution in [1.29, 1.82) is 0 Å². The van der Waals surface area contributed by atoms with Gasteiger partial charge in [-0.2, -0.15) is 0 Å². The van der Waals surface area contributed by atoms with Gasteiger partial charge in [-0.05, 0) is 77.9 Å². The van der Waals surface area contributed by atoms with Crippen LogP contribution in [-0.4, -0.2) is 43.8 Å². The number of aliphatic hydroxyl groups is 4. The molecule has 0 amide bonds. The van der Waals surface area contributed by atoms with Crippen molar-refractivity contribution in [2.45, 2.75) is 118 Å². The minimum Gasteiger partial charge on any atom is -0.393 e. The van der Waals surface area contributed by atoms with Crippen LogP contribution in [-0.2, 0) is 0 Å². The molecule has 242 valence electrons. The first kappa shape index (κ1) is 37.4. The minimum atomic E-state index is -1.44. The van der Waals surface area contributed by atoms with E-state index in [-0.39, 0.29) is 17.9 Å². The smallest absolute Gasteiger partial charge is 0.117 e. The molecule has 0 heterocycles. The van der Waals surface area contributed by atoms with Gasteiger partial charge >= 0.3 is 0 Å². The zero-order chi connectivity index (χ0) is 33.3. The first-order chi connectivity index (χ1) is 20.3. The Morgan fingerprint density at radius 3 is 1.61 bits per heavy atom. The van der Waals surface area contributed by atoms with E-state index in [1.165, 1.54) is 16.7 Å². The number of rotatable bonds is 10. The lowest BCUT2D eigenvalue weighted by Crippen LogP contribution is -2.65. The average molecular weight is 603 g/mol. The van der Waals surface area contributed by atoms with Gasteiger partial charge in [-0.15, -0.1) is 0 Å². The second-order valence-corrected chi connectivity index (χ2v) is 14.5. The Bertz CT molecular complexity index is 1300. The van der Waals surface area contributed by atoms with E-state index in [1.807, 2.05) is 64.2 Å². The maximum Gasteiger partial charge on any atom is 0.117 e. The van der Waals surface area contributed by atoms with Crippen LogP contribution in [0.25, 0.3) is 0 Å². The summed E-state index contributed by atoms with van der Waals surface area (Å²) in [6, 6.07) is 0. The molecule has 0 radical (unpaired) electrons. The van der Waals surface area contributed by atoms with Gasteiger partial charge in [0.2, 0.25) is 0 Å². The minimum absolute atomic E-state index is 0.0115. The molecular formula is C40H58O4. The van der Waals surface area contributed by atoms with Crippen molar-refractivity contribution in [3.8, 4) is 0 Å². The van der Waals surface area contributed by atoms with Crippen LogP contribution in [0, 0.1) is 10.8 Å². The third kappa shape index (κ3) is 10.4. The van der Waals surface area contributed by atoms with Crippen LogP contribution in [0.4, 0.5) is 0 Å². The highest BCUT2D eigenvalue weighted by Gasteiger charge is 2.58. The van der Waals surface area contributed by atoms with Crippen LogP contribution in [0.1, 0.15) is 94.9 Å². The van der Waals surface area contributed by atoms with Crippen LogP contribution < -0.4 is 0 Å². The molecule has 0 bridgehead atoms. The molecule has 0 unspecified atom stereocenters. The molecule has 0 aromatic carbocycles. The van der Waals surface area contributed by atoms with E-state index in [0.29, 0.717) is 6.42 Å². The van der Waals surface area contributed by atoms with Gasteiger partial charge in [-0.25, -0.2) is 0 Å². The Morgan fingerprint density at radius 1 is 0.636 bits per heavy atom. The maximum atomic E-state index is 11.4. The second kappa shape index (κ2) is 15.5. The summed E-state index contributed by atoms with van der Waals surface area (Å²) in [5.41, 5.74) is 3.44. The fraction of sp³-hybridized carbons (Fsp3) is 0.500. The quantitative estimate of drug-likeness (QED) is 0.189. The molecule has 2 aliphatic carbocycles. The maximum absolute atomic E-state index is 11.4. The van der Waals surface area contributed by atoms with E-state index < -0.39 is 22.7 Å². The van der Waals surface area contributed by atoms with Crippen LogP contribution in [0.3, 0.4) is 0 Å². The van der Waals surface area contributed by atoms with Gasteiger partial charge in [0.05, 0.1) is 17.8 Å². The third-order valence-corrected chi connectivity index (χ3v) is 9.07. The van der Waals surface area contributed by atoms with Gasteiger partial charge in [0, 0.05) is 11.8 Å². The molecule has 2 aliphatic rings. The summed E-state index contributed by atoms with van der Waals surface area (Å²) in [7, 11) is 0. The highest BCUT2D eigenvalue weighted by molar-refractivity contribution is 5.38. The van der Waals surface area contributed by atoms with Gasteiger partial charge in [-0.3, -0.25) is 0 Å². The Hall–Kier alpha value is -2.76. The van der Waals surface area contributed by atoms with Gasteiger partial charge in [0.15, 0.2) is 0 Å². The lowest BCUT2D eigenvalue weighted by atomic mass is 9.57. The summed E-state index contributed by atoms with van der Waals surface area (Å²) in [5.74, 6) is 0. The molecule has 1 saturated carbocycles. The van der Waals surface area contributed by atoms with Crippen molar-refractivity contribution in [2.24, 2.45) is 10.8 Å². The van der Waals surface area contributed by atoms with Crippen molar-refractivity contribution in [3.05, 3.63) is 119 Å². The molecule has 0 aromatic rings. The van der Waals surface area contributed by atoms with Crippen LogP contribution in [0.5, 0.6) is 0 Å². The third-order valence-electron chi connectivity index (χ3n) is 9.07. The van der Waals surface area contributed by atoms with Crippen LogP contribution in [0.15, 0.2) is 119 Å². The number of allylic oxidation sites excluding steroid dienone is 18. The van der Waals surface area contributed by atoms with Crippen molar-refractivity contribution in [2.75, 3.05) is 0 Å². The molecule has 4 nitrogen and oxygen atoms in total. The topological polar surface area (TPSA) is 80.9 Å². The lowest BCUT2D eigenvalue weighted by molar-refractivity contribution is -0.216. The number of hydrogen-bond donors (Lipinski definition) is 4. The van der Waals surface area contributed by atoms with Crippen molar-refractivity contribution >= 4 is 0 Å². The Labute approximate surface area is 267 Å². The SMILES string of the molecule is CC1=C(/C=C/C(C)=C/C=C/C(C)=C/C=C/C=C(C)/C=C/C=C(C)/C=C/[C@]2(O)C(C)(C)C[C@H](O)C[C@]2(C)O)C(C)(C)C[C@H](O)C1. The number of hydrogen-bond acceptors (Lipinski definition) is 4. The summed E-state index contributed by atoms with van der Waals surface area (Å²) in [6.07, 6.45) is 29.6. The van der Waals surface area contributed by atoms with Gasteiger partial charge in [0.1, 0.15) is 5.60 Å². The predicted octanol–water partition coefficient (Wildman–Crippen LogP) is 8.71. The summed E-state index contributed by atoms with van der Waals surface area (Å²) in [4.78, 5) is 0. The van der Waals surface area contributed by atoms with Gasteiger partial charge in [-0.1, -0.05) is 135 Å². The molecule has 1 fully saturated rings. The molecule has 4 heteroatoms. The average Bonchev–Trinajstić information content (AvgIpc) is 2.87. The Kier molecular flexibility index (Phi) is 13.2. The molecule has 0 aliphatic heterocycles.